The molecule has 7 rings (SSSR count). The first kappa shape index (κ1) is 37.8. The molecule has 0 N–H and O–H groups in total. The Morgan fingerprint density at radius 2 is 1.15 bits per heavy atom. The maximum absolute atomic E-state index is 8.42. The molecule has 3 aromatic rings. The molecule has 2 unspecified atom stereocenters. The van der Waals surface area contributed by atoms with E-state index in [0.717, 1.165) is 37.1 Å². The molecule has 1 heterocycles. The van der Waals surface area contributed by atoms with Crippen molar-refractivity contribution in [1.29, 1.82) is 0 Å². The van der Waals surface area contributed by atoms with Crippen LogP contribution in [0, 0.1) is 41.5 Å². The van der Waals surface area contributed by atoms with Crippen LogP contribution >= 0.6 is 31.1 Å². The predicted molar refractivity (Wildman–Crippen MR) is 229 cm³/mol. The fourth-order valence-electron chi connectivity index (χ4n) is 10.4. The number of halogens is 2. The highest BCUT2D eigenvalue weighted by Crippen LogP contribution is 2.71. The van der Waals surface area contributed by atoms with Crippen LogP contribution in [0.15, 0.2) is 77.3 Å². The molecule has 1 saturated heterocycles. The molecule has 3 aromatic carbocycles. The molecule has 4 aliphatic rings. The smallest absolute Gasteiger partial charge is 0.114 e. The number of hydrogen-bond donors (Lipinski definition) is 0. The molecule has 0 amide bonds. The minimum Gasteiger partial charge on any atom is -0.325 e. The maximum Gasteiger partial charge on any atom is 0.114 e. The van der Waals surface area contributed by atoms with Crippen molar-refractivity contribution in [3.63, 3.8) is 0 Å². The van der Waals surface area contributed by atoms with E-state index < -0.39 is 12.5 Å². The summed E-state index contributed by atoms with van der Waals surface area (Å²) in [6.45, 7) is 15.4. The van der Waals surface area contributed by atoms with Gasteiger partial charge in [0.15, 0.2) is 0 Å². The second-order valence-electron chi connectivity index (χ2n) is 16.4. The van der Waals surface area contributed by atoms with E-state index in [4.69, 9.17) is 23.2 Å². The molecule has 1 aliphatic heterocycles. The van der Waals surface area contributed by atoms with Crippen LogP contribution in [0.1, 0.15) is 116 Å². The monoisotopic (exact) mass is 752 g/mol. The van der Waals surface area contributed by atoms with Gasteiger partial charge in [-0.05, 0) is 131 Å². The van der Waals surface area contributed by atoms with Crippen molar-refractivity contribution in [2.75, 3.05) is 22.9 Å². The van der Waals surface area contributed by atoms with Crippen LogP contribution in [0.2, 0.25) is 0 Å². The maximum atomic E-state index is 8.42. The van der Waals surface area contributed by atoms with Gasteiger partial charge in [-0.2, -0.15) is 0 Å². The van der Waals surface area contributed by atoms with Gasteiger partial charge >= 0.3 is 0 Å². The zero-order chi connectivity index (χ0) is 36.6. The van der Waals surface area contributed by atoms with E-state index >= 15 is 0 Å². The summed E-state index contributed by atoms with van der Waals surface area (Å²) in [7, 11) is -0.501. The average molecular weight is 754 g/mol. The van der Waals surface area contributed by atoms with Crippen molar-refractivity contribution in [3.8, 4) is 0 Å². The standard InChI is InChI=1S/C47H59Cl2N2P/c1-32-28-34(3)44(35(4)29-32)50-26-27-51(45-36(5)30-33(2)31-37(45)6)46(50)41-24-25-47(49,42(43(41)48)23-22-38-16-10-7-11-17-38)52(39-18-12-8-13-19-39)40-20-14-9-15-21-40/h7,10-11,16-17,22,28-31,39-40,43H,8-9,12-15,18-21,24-27H2,1-6H3. The predicted octanol–water partition coefficient (Wildman–Crippen LogP) is 13.8. The minimum atomic E-state index is -0.501. The molecule has 4 fully saturated rings. The number of allylic oxidation sites excluding steroid dienone is 2. The first-order chi connectivity index (χ1) is 25.1. The average Bonchev–Trinajstić information content (AvgIpc) is 3.52. The Morgan fingerprint density at radius 3 is 1.62 bits per heavy atom. The third-order valence-corrected chi connectivity index (χ3v) is 17.7. The fraction of sp³-hybridized carbons (Fsp3) is 0.511. The van der Waals surface area contributed by atoms with Crippen molar-refractivity contribution in [2.24, 2.45) is 0 Å². The SMILES string of the molecule is Cc1cc(C)c(N2CCN(c3c(C)cc(C)cc3C)C2=C2CCC(Cl)(P(C3CCCCC3)C3CCCCC3)C(=C=Cc3ccccc3)C2Cl)c(C)c1. The van der Waals surface area contributed by atoms with Crippen LogP contribution < -0.4 is 9.80 Å². The van der Waals surface area contributed by atoms with E-state index in [9.17, 15) is 0 Å². The Bertz CT molecular complexity index is 1730. The molecular formula is C47H59Cl2N2P. The number of anilines is 2. The van der Waals surface area contributed by atoms with Crippen LogP contribution in [-0.2, 0) is 0 Å². The van der Waals surface area contributed by atoms with Crippen LogP contribution in [0.5, 0.6) is 0 Å². The molecule has 3 aliphatic carbocycles. The zero-order valence-corrected chi connectivity index (χ0v) is 34.9. The molecule has 2 atom stereocenters. The highest BCUT2D eigenvalue weighted by molar-refractivity contribution is 7.63. The van der Waals surface area contributed by atoms with Crippen molar-refractivity contribution in [3.05, 3.63) is 116 Å². The van der Waals surface area contributed by atoms with Gasteiger partial charge in [0.2, 0.25) is 0 Å². The Labute approximate surface area is 326 Å². The van der Waals surface area contributed by atoms with Gasteiger partial charge in [-0.15, -0.1) is 28.9 Å². The van der Waals surface area contributed by atoms with Crippen LogP contribution in [0.3, 0.4) is 0 Å². The lowest BCUT2D eigenvalue weighted by atomic mass is 9.88. The molecular weight excluding hydrogens is 694 g/mol. The van der Waals surface area contributed by atoms with Gasteiger partial charge in [0, 0.05) is 30.0 Å². The van der Waals surface area contributed by atoms with Crippen molar-refractivity contribution in [2.45, 2.75) is 140 Å². The molecule has 0 spiro atoms. The van der Waals surface area contributed by atoms with Gasteiger partial charge in [0.05, 0.1) is 9.99 Å². The lowest BCUT2D eigenvalue weighted by molar-refractivity contribution is 0.476. The lowest BCUT2D eigenvalue weighted by Crippen LogP contribution is -2.41. The van der Waals surface area contributed by atoms with E-state index in [-0.39, 0.29) is 5.38 Å². The summed E-state index contributed by atoms with van der Waals surface area (Å²) in [5.74, 6) is 1.27. The highest BCUT2D eigenvalue weighted by Gasteiger charge is 2.53. The van der Waals surface area contributed by atoms with E-state index in [2.05, 4.69) is 118 Å². The number of nitrogens with zero attached hydrogens (tertiary/aromatic N) is 2. The second kappa shape index (κ2) is 16.1. The topological polar surface area (TPSA) is 6.48 Å². The van der Waals surface area contributed by atoms with Gasteiger partial charge in [0.25, 0.3) is 0 Å². The number of rotatable bonds is 6. The summed E-state index contributed by atoms with van der Waals surface area (Å²) in [4.78, 5) is 5.22. The highest BCUT2D eigenvalue weighted by atomic mass is 35.5. The molecule has 2 nitrogen and oxygen atoms in total. The number of alkyl halides is 2. The van der Waals surface area contributed by atoms with Gasteiger partial charge < -0.3 is 9.80 Å². The fourth-order valence-corrected chi connectivity index (χ4v) is 16.6. The third-order valence-electron chi connectivity index (χ3n) is 12.4. The Balaban J connectivity index is 1.44. The van der Waals surface area contributed by atoms with Crippen molar-refractivity contribution >= 4 is 48.6 Å². The first-order valence-electron chi connectivity index (χ1n) is 20.1. The van der Waals surface area contributed by atoms with E-state index in [1.165, 1.54) is 120 Å². The van der Waals surface area contributed by atoms with Gasteiger partial charge in [-0.1, -0.05) is 112 Å². The molecule has 3 saturated carbocycles. The Morgan fingerprint density at radius 1 is 0.692 bits per heavy atom. The normalized spacial score (nSPS) is 23.5. The molecule has 52 heavy (non-hydrogen) atoms. The van der Waals surface area contributed by atoms with E-state index in [0.29, 0.717) is 11.3 Å². The Kier molecular flexibility index (Phi) is 11.7. The second-order valence-corrected chi connectivity index (χ2v) is 20.8. The van der Waals surface area contributed by atoms with Crippen molar-refractivity contribution < 1.29 is 0 Å². The molecule has 0 bridgehead atoms. The number of benzene rings is 3. The summed E-state index contributed by atoms with van der Waals surface area (Å²) in [5.41, 5.74) is 19.5. The van der Waals surface area contributed by atoms with Crippen LogP contribution in [0.4, 0.5) is 11.4 Å². The molecule has 0 radical (unpaired) electrons. The molecule has 0 aromatic heterocycles. The van der Waals surface area contributed by atoms with Gasteiger partial charge in [-0.25, -0.2) is 0 Å². The summed E-state index contributed by atoms with van der Waals surface area (Å²) < 4.78 is -0.458. The summed E-state index contributed by atoms with van der Waals surface area (Å²) in [6.07, 6.45) is 17.4. The summed E-state index contributed by atoms with van der Waals surface area (Å²) in [5, 5.41) is -0.335. The number of hydrogen-bond acceptors (Lipinski definition) is 2. The van der Waals surface area contributed by atoms with Gasteiger partial charge in [-0.3, -0.25) is 0 Å². The molecule has 5 heteroatoms. The largest absolute Gasteiger partial charge is 0.325 e. The van der Waals surface area contributed by atoms with E-state index in [1.54, 1.807) is 0 Å². The van der Waals surface area contributed by atoms with Crippen LogP contribution in [-0.4, -0.2) is 34.4 Å². The molecule has 276 valence electrons. The van der Waals surface area contributed by atoms with Crippen molar-refractivity contribution in [1.82, 2.24) is 0 Å². The third kappa shape index (κ3) is 7.45. The zero-order valence-electron chi connectivity index (χ0n) is 32.5. The van der Waals surface area contributed by atoms with Gasteiger partial charge in [0.1, 0.15) is 5.82 Å². The van der Waals surface area contributed by atoms with E-state index in [1.807, 2.05) is 0 Å². The van der Waals surface area contributed by atoms with Crippen LogP contribution in [0.25, 0.3) is 6.08 Å². The summed E-state index contributed by atoms with van der Waals surface area (Å²) >= 11 is 16.5. The number of aryl methyl sites for hydroxylation is 6. The first-order valence-corrected chi connectivity index (χ1v) is 22.4. The quantitative estimate of drug-likeness (QED) is 0.141. The summed E-state index contributed by atoms with van der Waals surface area (Å²) in [6, 6.07) is 20.0. The lowest BCUT2D eigenvalue weighted by Gasteiger charge is -2.51. The minimum absolute atomic E-state index is 0.335. The Hall–Kier alpha value is -2.47.